The summed E-state index contributed by atoms with van der Waals surface area (Å²) < 4.78 is 38.7. The Balaban J connectivity index is 0.000000221. The van der Waals surface area contributed by atoms with E-state index in [1.807, 2.05) is 12.1 Å². The Kier molecular flexibility index (Phi) is 23.0. The van der Waals surface area contributed by atoms with Crippen LogP contribution in [0.4, 0.5) is 17.1 Å². The fourth-order valence-electron chi connectivity index (χ4n) is 11.7. The molecule has 7 aromatic carbocycles. The lowest BCUT2D eigenvalue weighted by Gasteiger charge is -2.37. The van der Waals surface area contributed by atoms with Gasteiger partial charge in [0.15, 0.2) is 18.3 Å². The molecule has 0 spiro atoms. The highest BCUT2D eigenvalue weighted by molar-refractivity contribution is 6.38. The van der Waals surface area contributed by atoms with Crippen molar-refractivity contribution in [1.82, 2.24) is 0 Å². The number of halogens is 5. The van der Waals surface area contributed by atoms with E-state index in [4.69, 9.17) is 74.8 Å². The number of nitrogens with zero attached hydrogens (tertiary/aromatic N) is 4. The maximum atomic E-state index is 9.95. The van der Waals surface area contributed by atoms with Gasteiger partial charge in [-0.2, -0.15) is 0 Å². The van der Waals surface area contributed by atoms with E-state index in [0.29, 0.717) is 40.5 Å². The van der Waals surface area contributed by atoms with Gasteiger partial charge < -0.3 is 60.6 Å². The van der Waals surface area contributed by atoms with Crippen LogP contribution in [0.15, 0.2) is 151 Å². The number of hydrogen-bond donors (Lipinski definition) is 1. The quantitative estimate of drug-likeness (QED) is 0.0523. The molecule has 0 saturated carbocycles. The van der Waals surface area contributed by atoms with Crippen LogP contribution in [-0.2, 0) is 18.0 Å². The molecule has 2 unspecified atom stereocenters. The topological polar surface area (TPSA) is 88.3 Å². The summed E-state index contributed by atoms with van der Waals surface area (Å²) in [6.45, 7) is 25.5. The van der Waals surface area contributed by atoms with Gasteiger partial charge in [0.25, 0.3) is 0 Å². The van der Waals surface area contributed by atoms with E-state index in [1.54, 1.807) is 31.4 Å². The molecule has 0 bridgehead atoms. The van der Waals surface area contributed by atoms with Gasteiger partial charge in [-0.05, 0) is 95.8 Å². The maximum Gasteiger partial charge on any atom is 0.202 e. The van der Waals surface area contributed by atoms with E-state index in [0.717, 1.165) is 126 Å². The molecule has 7 aromatic rings. The largest absolute Gasteiger partial charge is 1.00 e. The van der Waals surface area contributed by atoms with Crippen LogP contribution in [0.25, 0.3) is 0 Å². The first kappa shape index (κ1) is 65.3. The number of rotatable bonds is 22. The van der Waals surface area contributed by atoms with Crippen molar-refractivity contribution < 1.29 is 50.5 Å². The standard InChI is InChI=1S/C36H40Cl2N2O4.C34H36Cl2N2O3.ClH/c1-6-39(7-2)25-14-16-29-33(18-25)44-34-19-26(40(8-3)9-4)15-17-30(34)35(29)28-13-11-10-12-24(28)22-42-27-20-31(37)36(32(38)21-27)43-23-41-5;1-5-37(6-2)23-13-15-27-31(17-23)41-32-18-24(38(7-3)8-4)14-16-28(32)33(27)26-12-10-9-11-22(26)21-40-25-19-29(35)34(39)30(36)20-25;/h10-21,35H,6-9,22-23H2,1-5H3;9-20,27,33H,5-8,21H2,1-4H3;1H. The molecule has 2 atom stereocenters. The number of ether oxygens (including phenoxy) is 6. The van der Waals surface area contributed by atoms with Crippen LogP contribution >= 0.6 is 46.4 Å². The number of fused-ring (bicyclic) bond motifs is 4. The third-order valence-corrected chi connectivity index (χ3v) is 17.3. The van der Waals surface area contributed by atoms with Crippen molar-refractivity contribution in [2.75, 3.05) is 81.0 Å². The highest BCUT2D eigenvalue weighted by atomic mass is 35.5. The summed E-state index contributed by atoms with van der Waals surface area (Å²) in [5.74, 6) is 4.92. The molecule has 1 N–H and O–H groups in total. The second-order valence-electron chi connectivity index (χ2n) is 20.8. The normalized spacial score (nSPS) is 14.5. The van der Waals surface area contributed by atoms with Gasteiger partial charge in [-0.15, -0.1) is 0 Å². The van der Waals surface area contributed by atoms with Gasteiger partial charge in [0.1, 0.15) is 60.8 Å². The number of aromatic hydroxyl groups is 1. The van der Waals surface area contributed by atoms with E-state index in [-0.39, 0.29) is 52.7 Å². The molecule has 3 aliphatic rings. The minimum atomic E-state index is -0.145. The summed E-state index contributed by atoms with van der Waals surface area (Å²) >= 11 is 25.2. The van der Waals surface area contributed by atoms with Crippen LogP contribution in [0, 0.1) is 5.92 Å². The molecule has 10 rings (SSSR count). The number of allylic oxidation sites excluding steroid dienone is 3. The molecule has 2 heterocycles. The van der Waals surface area contributed by atoms with Crippen LogP contribution in [0.1, 0.15) is 106 Å². The molecule has 0 radical (unpaired) electrons. The van der Waals surface area contributed by atoms with Gasteiger partial charge >= 0.3 is 0 Å². The molecule has 11 nitrogen and oxygen atoms in total. The van der Waals surface area contributed by atoms with Crippen LogP contribution in [0.5, 0.6) is 40.2 Å². The average Bonchev–Trinajstić information content (AvgIpc) is 1.05. The Morgan fingerprint density at radius 3 is 1.43 bits per heavy atom. The van der Waals surface area contributed by atoms with Gasteiger partial charge in [0, 0.05) is 153 Å². The number of methoxy groups -OCH3 is 1. The zero-order valence-corrected chi connectivity index (χ0v) is 54.2. The van der Waals surface area contributed by atoms with Gasteiger partial charge in [-0.3, -0.25) is 0 Å². The molecule has 1 aliphatic carbocycles. The zero-order chi connectivity index (χ0) is 60.3. The number of phenols is 1. The van der Waals surface area contributed by atoms with Gasteiger partial charge in [0.05, 0.1) is 20.1 Å². The first-order chi connectivity index (χ1) is 41.3. The van der Waals surface area contributed by atoms with E-state index >= 15 is 0 Å². The maximum absolute atomic E-state index is 9.95. The lowest BCUT2D eigenvalue weighted by Crippen LogP contribution is -3.00. The molecule has 2 aliphatic heterocycles. The third kappa shape index (κ3) is 14.3. The second kappa shape index (κ2) is 30.3. The van der Waals surface area contributed by atoms with E-state index in [9.17, 15) is 5.11 Å². The molecule has 454 valence electrons. The van der Waals surface area contributed by atoms with Crippen molar-refractivity contribution in [3.8, 4) is 40.2 Å². The molecule has 16 heteroatoms. The molecule has 86 heavy (non-hydrogen) atoms. The fourth-order valence-corrected chi connectivity index (χ4v) is 12.8. The molecular formula is C70H77Cl5N4O7. The molecular weight excluding hydrogens is 1190 g/mol. The lowest BCUT2D eigenvalue weighted by atomic mass is 9.74. The van der Waals surface area contributed by atoms with Crippen molar-refractivity contribution in [1.29, 1.82) is 0 Å². The van der Waals surface area contributed by atoms with Crippen molar-refractivity contribution >= 4 is 69.2 Å². The van der Waals surface area contributed by atoms with Crippen LogP contribution in [0.2, 0.25) is 20.1 Å². The second-order valence-corrected chi connectivity index (χ2v) is 22.4. The average molecular weight is 1260 g/mol. The van der Waals surface area contributed by atoms with E-state index in [1.165, 1.54) is 11.3 Å². The number of phenolic OH excluding ortho intramolecular Hbond substituents is 1. The van der Waals surface area contributed by atoms with Gasteiger partial charge in [-0.1, -0.05) is 119 Å². The SMILES string of the molecule is CCN(CC)c1ccc2c(c1)OC1=CC(=[N+](CC)CC)C=CC1C2c1ccccc1COc1cc(Cl)c(O)c(Cl)c1.CCN(CC)c1ccc2c(c1)Oc1cc(N(CC)CC)ccc1C2c1ccccc1COc1cc(Cl)c(OCOC)c(Cl)c1.[Cl-]. The Labute approximate surface area is 534 Å². The summed E-state index contributed by atoms with van der Waals surface area (Å²) in [6, 6.07) is 43.2. The van der Waals surface area contributed by atoms with Crippen molar-refractivity contribution in [3.05, 3.63) is 210 Å². The molecule has 0 saturated heterocycles. The smallest absolute Gasteiger partial charge is 0.202 e. The Morgan fingerprint density at radius 1 is 0.512 bits per heavy atom. The summed E-state index contributed by atoms with van der Waals surface area (Å²) in [5, 5.41) is 11.0. The van der Waals surface area contributed by atoms with Gasteiger partial charge in [-0.25, -0.2) is 4.58 Å². The monoisotopic (exact) mass is 1260 g/mol. The molecule has 0 aromatic heterocycles. The van der Waals surface area contributed by atoms with Crippen molar-refractivity contribution in [2.45, 2.75) is 80.4 Å². The Morgan fingerprint density at radius 2 is 0.953 bits per heavy atom. The van der Waals surface area contributed by atoms with E-state index in [2.05, 4.69) is 184 Å². The van der Waals surface area contributed by atoms with Crippen molar-refractivity contribution in [2.24, 2.45) is 5.92 Å². The molecule has 0 fully saturated rings. The lowest BCUT2D eigenvalue weighted by molar-refractivity contribution is -0.519. The van der Waals surface area contributed by atoms with Gasteiger partial charge in [0.2, 0.25) is 5.71 Å². The Hall–Kier alpha value is -6.70. The Bertz CT molecular complexity index is 3470. The van der Waals surface area contributed by atoms with Crippen LogP contribution in [-0.4, -0.2) is 81.7 Å². The van der Waals surface area contributed by atoms with Crippen LogP contribution < -0.4 is 50.8 Å². The predicted octanol–water partition coefficient (Wildman–Crippen LogP) is 14.7. The summed E-state index contributed by atoms with van der Waals surface area (Å²) in [7, 11) is 1.54. The molecule has 0 amide bonds. The summed E-state index contributed by atoms with van der Waals surface area (Å²) in [6.07, 6.45) is 6.72. The highest BCUT2D eigenvalue weighted by Gasteiger charge is 2.39. The summed E-state index contributed by atoms with van der Waals surface area (Å²) in [5.41, 5.74) is 12.5. The zero-order valence-electron chi connectivity index (χ0n) is 50.4. The minimum absolute atomic E-state index is 0. The number of benzene rings is 7. The number of hydrogen-bond acceptors (Lipinski definition) is 10. The van der Waals surface area contributed by atoms with Crippen LogP contribution in [0.3, 0.4) is 0 Å². The highest BCUT2D eigenvalue weighted by Crippen LogP contribution is 2.52. The van der Waals surface area contributed by atoms with E-state index < -0.39 is 0 Å². The third-order valence-electron chi connectivity index (χ3n) is 16.2. The van der Waals surface area contributed by atoms with Crippen molar-refractivity contribution in [3.63, 3.8) is 0 Å². The first-order valence-electron chi connectivity index (χ1n) is 29.5. The predicted molar refractivity (Wildman–Crippen MR) is 349 cm³/mol. The number of anilines is 3. The summed E-state index contributed by atoms with van der Waals surface area (Å²) in [4.78, 5) is 7.01. The fraction of sp³-hybridized carbons (Fsp3) is 0.329. The minimum Gasteiger partial charge on any atom is -1.00 e. The first-order valence-corrected chi connectivity index (χ1v) is 31.0.